The van der Waals surface area contributed by atoms with Gasteiger partial charge in [-0.3, -0.25) is 9.59 Å². The molecule has 120 valence electrons. The van der Waals surface area contributed by atoms with Gasteiger partial charge in [0, 0.05) is 29.1 Å². The number of piperidine rings is 1. The third-order valence-corrected chi connectivity index (χ3v) is 5.07. The monoisotopic (exact) mass is 349 g/mol. The van der Waals surface area contributed by atoms with Gasteiger partial charge in [-0.15, -0.1) is 11.3 Å². The van der Waals surface area contributed by atoms with Crippen LogP contribution in [-0.4, -0.2) is 34.8 Å². The van der Waals surface area contributed by atoms with Crippen molar-refractivity contribution in [2.75, 3.05) is 13.1 Å². The summed E-state index contributed by atoms with van der Waals surface area (Å²) < 4.78 is 0. The molecule has 1 aliphatic rings. The van der Waals surface area contributed by atoms with Crippen molar-refractivity contribution in [1.82, 2.24) is 9.88 Å². The molecule has 0 spiro atoms. The highest BCUT2D eigenvalue weighted by Gasteiger charge is 2.28. The molecule has 1 saturated heterocycles. The molecule has 1 fully saturated rings. The molecule has 0 saturated carbocycles. The molecule has 3 rings (SSSR count). The molecule has 1 aromatic heterocycles. The lowest BCUT2D eigenvalue weighted by Gasteiger charge is -2.30. The molecule has 5 nitrogen and oxygen atoms in total. The molecule has 2 aromatic rings. The molecule has 1 atom stereocenters. The van der Waals surface area contributed by atoms with Gasteiger partial charge in [-0.2, -0.15) is 0 Å². The summed E-state index contributed by atoms with van der Waals surface area (Å²) >= 11 is 7.29. The number of rotatable bonds is 3. The summed E-state index contributed by atoms with van der Waals surface area (Å²) in [7, 11) is 0. The maximum Gasteiger partial charge on any atom is 0.273 e. The van der Waals surface area contributed by atoms with E-state index in [-0.39, 0.29) is 17.7 Å². The van der Waals surface area contributed by atoms with E-state index in [2.05, 4.69) is 4.98 Å². The van der Waals surface area contributed by atoms with E-state index in [1.807, 2.05) is 12.1 Å². The van der Waals surface area contributed by atoms with Crippen molar-refractivity contribution in [3.05, 3.63) is 40.4 Å². The minimum atomic E-state index is -0.345. The van der Waals surface area contributed by atoms with Crippen molar-refractivity contribution in [1.29, 1.82) is 0 Å². The summed E-state index contributed by atoms with van der Waals surface area (Å²) in [5, 5.41) is 3.18. The van der Waals surface area contributed by atoms with Crippen molar-refractivity contribution in [3.8, 4) is 10.6 Å². The van der Waals surface area contributed by atoms with Gasteiger partial charge in [-0.1, -0.05) is 23.7 Å². The first kappa shape index (κ1) is 16.0. The van der Waals surface area contributed by atoms with E-state index >= 15 is 0 Å². The average Bonchev–Trinajstić information content (AvgIpc) is 3.05. The normalized spacial score (nSPS) is 18.0. The summed E-state index contributed by atoms with van der Waals surface area (Å²) in [5.74, 6) is -0.753. The summed E-state index contributed by atoms with van der Waals surface area (Å²) in [6, 6.07) is 7.34. The molecule has 1 aliphatic heterocycles. The van der Waals surface area contributed by atoms with Crippen LogP contribution in [-0.2, 0) is 4.79 Å². The third kappa shape index (κ3) is 3.54. The van der Waals surface area contributed by atoms with Gasteiger partial charge in [0.25, 0.3) is 5.91 Å². The Morgan fingerprint density at radius 3 is 2.74 bits per heavy atom. The molecular weight excluding hydrogens is 334 g/mol. The smallest absolute Gasteiger partial charge is 0.273 e. The summed E-state index contributed by atoms with van der Waals surface area (Å²) in [5.41, 5.74) is 6.69. The lowest BCUT2D eigenvalue weighted by molar-refractivity contribution is -0.123. The van der Waals surface area contributed by atoms with Crippen LogP contribution in [0.4, 0.5) is 0 Å². The fourth-order valence-electron chi connectivity index (χ4n) is 2.65. The lowest BCUT2D eigenvalue weighted by atomic mass is 9.97. The molecule has 2 amide bonds. The lowest BCUT2D eigenvalue weighted by Crippen LogP contribution is -2.44. The molecule has 1 unspecified atom stereocenters. The second-order valence-corrected chi connectivity index (χ2v) is 6.83. The minimum Gasteiger partial charge on any atom is -0.369 e. The van der Waals surface area contributed by atoms with Gasteiger partial charge in [0.1, 0.15) is 10.7 Å². The molecule has 1 aromatic carbocycles. The second kappa shape index (κ2) is 6.68. The molecule has 2 heterocycles. The van der Waals surface area contributed by atoms with E-state index < -0.39 is 0 Å². The highest BCUT2D eigenvalue weighted by Crippen LogP contribution is 2.26. The third-order valence-electron chi connectivity index (χ3n) is 3.93. The first-order valence-corrected chi connectivity index (χ1v) is 8.60. The van der Waals surface area contributed by atoms with Gasteiger partial charge in [-0.25, -0.2) is 4.98 Å². The van der Waals surface area contributed by atoms with Crippen molar-refractivity contribution < 1.29 is 9.59 Å². The molecule has 0 radical (unpaired) electrons. The fraction of sp³-hybridized carbons (Fsp3) is 0.312. The Labute approximate surface area is 143 Å². The van der Waals surface area contributed by atoms with E-state index in [1.165, 1.54) is 11.3 Å². The number of hydrogen-bond donors (Lipinski definition) is 1. The highest BCUT2D eigenvalue weighted by molar-refractivity contribution is 7.13. The number of halogens is 1. The number of nitrogens with two attached hydrogens (primary N) is 1. The Kier molecular flexibility index (Phi) is 4.63. The Balaban J connectivity index is 1.75. The number of carbonyl (C=O) groups is 2. The van der Waals surface area contributed by atoms with E-state index in [4.69, 9.17) is 17.3 Å². The maximum absolute atomic E-state index is 12.6. The van der Waals surface area contributed by atoms with Gasteiger partial charge in [-0.05, 0) is 25.0 Å². The molecule has 7 heteroatoms. The van der Waals surface area contributed by atoms with Crippen LogP contribution in [0.3, 0.4) is 0 Å². The van der Waals surface area contributed by atoms with Gasteiger partial charge in [0.2, 0.25) is 5.91 Å². The molecule has 0 aliphatic carbocycles. The zero-order valence-electron chi connectivity index (χ0n) is 12.4. The van der Waals surface area contributed by atoms with Crippen LogP contribution in [0.15, 0.2) is 29.6 Å². The van der Waals surface area contributed by atoms with Crippen molar-refractivity contribution in [3.63, 3.8) is 0 Å². The molecule has 23 heavy (non-hydrogen) atoms. The predicted octanol–water partition coefficient (Wildman–Crippen LogP) is 2.80. The first-order chi connectivity index (χ1) is 11.0. The quantitative estimate of drug-likeness (QED) is 0.925. The number of likely N-dealkylation sites (tertiary alicyclic amines) is 1. The standard InChI is InChI=1S/C16H16ClN3O2S/c17-12-5-3-10(4-6-12)15-19-13(9-23-15)16(22)20-7-1-2-11(8-20)14(18)21/h3-6,9,11H,1-2,7-8H2,(H2,18,21). The predicted molar refractivity (Wildman–Crippen MR) is 90.4 cm³/mol. The van der Waals surface area contributed by atoms with E-state index in [0.29, 0.717) is 23.8 Å². The number of thiazole rings is 1. The largest absolute Gasteiger partial charge is 0.369 e. The Morgan fingerprint density at radius 2 is 2.04 bits per heavy atom. The average molecular weight is 350 g/mol. The summed E-state index contributed by atoms with van der Waals surface area (Å²) in [6.07, 6.45) is 1.53. The van der Waals surface area contributed by atoms with Crippen LogP contribution in [0.25, 0.3) is 10.6 Å². The highest BCUT2D eigenvalue weighted by atomic mass is 35.5. The number of benzene rings is 1. The number of aromatic nitrogens is 1. The van der Waals surface area contributed by atoms with Gasteiger partial charge >= 0.3 is 0 Å². The van der Waals surface area contributed by atoms with E-state index in [9.17, 15) is 9.59 Å². The molecule has 0 bridgehead atoms. The number of carbonyl (C=O) groups excluding carboxylic acids is 2. The Bertz CT molecular complexity index is 729. The molecular formula is C16H16ClN3O2S. The molecule has 2 N–H and O–H groups in total. The number of primary amides is 1. The summed E-state index contributed by atoms with van der Waals surface area (Å²) in [6.45, 7) is 1.01. The van der Waals surface area contributed by atoms with Gasteiger partial charge < -0.3 is 10.6 Å². The van der Waals surface area contributed by atoms with Crippen molar-refractivity contribution in [2.45, 2.75) is 12.8 Å². The maximum atomic E-state index is 12.6. The zero-order valence-corrected chi connectivity index (χ0v) is 13.9. The van der Waals surface area contributed by atoms with Crippen LogP contribution < -0.4 is 5.73 Å². The van der Waals surface area contributed by atoms with Crippen LogP contribution >= 0.6 is 22.9 Å². The number of hydrogen-bond acceptors (Lipinski definition) is 4. The number of amides is 2. The minimum absolute atomic E-state index is 0.146. The van der Waals surface area contributed by atoms with Crippen LogP contribution in [0, 0.1) is 5.92 Å². The van der Waals surface area contributed by atoms with Crippen molar-refractivity contribution in [2.24, 2.45) is 11.7 Å². The van der Waals surface area contributed by atoms with Gasteiger partial charge in [0.05, 0.1) is 5.92 Å². The second-order valence-electron chi connectivity index (χ2n) is 5.54. The van der Waals surface area contributed by atoms with Gasteiger partial charge in [0.15, 0.2) is 0 Å². The SMILES string of the molecule is NC(=O)C1CCCN(C(=O)c2csc(-c3ccc(Cl)cc3)n2)C1. The Morgan fingerprint density at radius 1 is 1.30 bits per heavy atom. The zero-order chi connectivity index (χ0) is 16.4. The van der Waals surface area contributed by atoms with E-state index in [1.54, 1.807) is 22.4 Å². The van der Waals surface area contributed by atoms with Crippen LogP contribution in [0.5, 0.6) is 0 Å². The first-order valence-electron chi connectivity index (χ1n) is 7.34. The van der Waals surface area contributed by atoms with Crippen LogP contribution in [0.2, 0.25) is 5.02 Å². The number of nitrogens with zero attached hydrogens (tertiary/aromatic N) is 2. The van der Waals surface area contributed by atoms with E-state index in [0.717, 1.165) is 23.4 Å². The van der Waals surface area contributed by atoms with Crippen molar-refractivity contribution >= 4 is 34.8 Å². The topological polar surface area (TPSA) is 76.3 Å². The Hall–Kier alpha value is -1.92. The summed E-state index contributed by atoms with van der Waals surface area (Å²) in [4.78, 5) is 30.0. The van der Waals surface area contributed by atoms with Crippen LogP contribution in [0.1, 0.15) is 23.3 Å². The fourth-order valence-corrected chi connectivity index (χ4v) is 3.58.